The van der Waals surface area contributed by atoms with Gasteiger partial charge in [0.05, 0.1) is 6.61 Å². The largest absolute Gasteiger partial charge is 0.433 e. The molecule has 1 rings (SSSR count). The first-order valence-electron chi connectivity index (χ1n) is 6.33. The molecule has 0 aliphatic heterocycles. The fourth-order valence-electron chi connectivity index (χ4n) is 1.70. The maximum Gasteiger partial charge on any atom is 0.433 e. The zero-order valence-electron chi connectivity index (χ0n) is 12.0. The molecule has 0 aromatic carbocycles. The van der Waals surface area contributed by atoms with Crippen LogP contribution >= 0.6 is 0 Å². The Hall–Kier alpha value is -1.61. The van der Waals surface area contributed by atoms with E-state index in [2.05, 4.69) is 9.97 Å². The van der Waals surface area contributed by atoms with Crippen LogP contribution in [0, 0.1) is 0 Å². The van der Waals surface area contributed by atoms with E-state index in [0.717, 1.165) is 6.07 Å². The molecular weight excluding hydrogens is 289 g/mol. The zero-order valence-corrected chi connectivity index (χ0v) is 12.0. The molecule has 9 heteroatoms. The van der Waals surface area contributed by atoms with Gasteiger partial charge in [-0.15, -0.1) is 0 Å². The molecule has 0 bridgehead atoms. The Kier molecular flexibility index (Phi) is 6.63. The van der Waals surface area contributed by atoms with Gasteiger partial charge in [-0.1, -0.05) is 0 Å². The lowest BCUT2D eigenvalue weighted by Crippen LogP contribution is -2.30. The Labute approximate surface area is 121 Å². The molecule has 21 heavy (non-hydrogen) atoms. The average Bonchev–Trinajstić information content (AvgIpc) is 2.41. The van der Waals surface area contributed by atoms with Crippen LogP contribution in [0.15, 0.2) is 6.07 Å². The number of aromatic nitrogens is 2. The monoisotopic (exact) mass is 308 g/mol. The number of nitrogens with zero attached hydrogens (tertiary/aromatic N) is 3. The second-order valence-corrected chi connectivity index (χ2v) is 4.29. The van der Waals surface area contributed by atoms with Crippen LogP contribution in [0.5, 0.6) is 0 Å². The van der Waals surface area contributed by atoms with E-state index in [4.69, 9.17) is 15.2 Å². The summed E-state index contributed by atoms with van der Waals surface area (Å²) < 4.78 is 48.2. The van der Waals surface area contributed by atoms with E-state index < -0.39 is 17.8 Å². The smallest absolute Gasteiger partial charge is 0.385 e. The molecule has 6 nitrogen and oxygen atoms in total. The van der Waals surface area contributed by atoms with Gasteiger partial charge in [-0.25, -0.2) is 4.98 Å². The van der Waals surface area contributed by atoms with Gasteiger partial charge in [-0.3, -0.25) is 0 Å². The second-order valence-electron chi connectivity index (χ2n) is 4.29. The molecule has 0 spiro atoms. The molecular formula is C12H19F3N4O2. The topological polar surface area (TPSA) is 73.5 Å². The molecule has 1 aromatic rings. The van der Waals surface area contributed by atoms with Gasteiger partial charge in [0.25, 0.3) is 0 Å². The Morgan fingerprint density at radius 3 is 2.38 bits per heavy atom. The van der Waals surface area contributed by atoms with Crippen molar-refractivity contribution in [3.05, 3.63) is 11.8 Å². The first-order chi connectivity index (χ1) is 9.88. The normalized spacial score (nSPS) is 11.7. The number of alkyl halides is 3. The Morgan fingerprint density at radius 1 is 1.14 bits per heavy atom. The summed E-state index contributed by atoms with van der Waals surface area (Å²) in [6, 6.07) is 0.888. The lowest BCUT2D eigenvalue weighted by molar-refractivity contribution is -0.141. The van der Waals surface area contributed by atoms with E-state index >= 15 is 0 Å². The number of hydrogen-bond donors (Lipinski definition) is 1. The lowest BCUT2D eigenvalue weighted by Gasteiger charge is -2.24. The summed E-state index contributed by atoms with van der Waals surface area (Å²) in [4.78, 5) is 8.76. The van der Waals surface area contributed by atoms with Gasteiger partial charge in [0.1, 0.15) is 5.82 Å². The van der Waals surface area contributed by atoms with Crippen molar-refractivity contribution in [2.75, 3.05) is 51.2 Å². The molecule has 0 unspecified atom stereocenters. The summed E-state index contributed by atoms with van der Waals surface area (Å²) in [5, 5.41) is 0. The molecule has 0 aliphatic carbocycles. The zero-order chi connectivity index (χ0) is 15.9. The van der Waals surface area contributed by atoms with Crippen LogP contribution in [0.25, 0.3) is 0 Å². The van der Waals surface area contributed by atoms with Crippen LogP contribution in [-0.2, 0) is 15.7 Å². The third-order valence-corrected chi connectivity index (χ3v) is 2.69. The Balaban J connectivity index is 2.96. The van der Waals surface area contributed by atoms with Crippen molar-refractivity contribution in [2.24, 2.45) is 0 Å². The van der Waals surface area contributed by atoms with E-state index in [0.29, 0.717) is 32.7 Å². The van der Waals surface area contributed by atoms with Crippen molar-refractivity contribution in [2.45, 2.75) is 12.6 Å². The molecule has 0 aliphatic rings. The highest BCUT2D eigenvalue weighted by Crippen LogP contribution is 2.30. The van der Waals surface area contributed by atoms with E-state index in [1.54, 1.807) is 12.0 Å². The maximum atomic E-state index is 12.8. The molecule has 1 aromatic heterocycles. The fraction of sp³-hybridized carbons (Fsp3) is 0.667. The van der Waals surface area contributed by atoms with Crippen molar-refractivity contribution in [1.29, 1.82) is 0 Å². The van der Waals surface area contributed by atoms with Crippen molar-refractivity contribution < 1.29 is 22.6 Å². The second kappa shape index (κ2) is 7.99. The van der Waals surface area contributed by atoms with Crippen LogP contribution in [0.1, 0.15) is 12.1 Å². The van der Waals surface area contributed by atoms with Crippen LogP contribution in [0.3, 0.4) is 0 Å². The highest BCUT2D eigenvalue weighted by Gasteiger charge is 2.34. The number of ether oxygens (including phenoxy) is 2. The number of nitrogen functional groups attached to an aromatic ring is 1. The third kappa shape index (κ3) is 5.72. The first-order valence-corrected chi connectivity index (χ1v) is 6.33. The van der Waals surface area contributed by atoms with Gasteiger partial charge in [0, 0.05) is 40.0 Å². The number of methoxy groups -OCH3 is 2. The minimum Gasteiger partial charge on any atom is -0.385 e. The van der Waals surface area contributed by atoms with E-state index in [1.807, 2.05) is 0 Å². The van der Waals surface area contributed by atoms with Crippen LogP contribution in [-0.4, -0.2) is 50.5 Å². The van der Waals surface area contributed by atoms with Gasteiger partial charge >= 0.3 is 6.18 Å². The summed E-state index contributed by atoms with van der Waals surface area (Å²) in [5.74, 6) is -0.281. The molecule has 0 amide bonds. The minimum atomic E-state index is -4.56. The summed E-state index contributed by atoms with van der Waals surface area (Å²) in [5.41, 5.74) is 4.32. The molecule has 0 radical (unpaired) electrons. The minimum absolute atomic E-state index is 0.128. The molecule has 1 heterocycles. The highest BCUT2D eigenvalue weighted by molar-refractivity contribution is 5.44. The maximum absolute atomic E-state index is 12.8. The number of anilines is 2. The van der Waals surface area contributed by atoms with E-state index in [1.165, 1.54) is 7.11 Å². The average molecular weight is 308 g/mol. The van der Waals surface area contributed by atoms with Gasteiger partial charge in [-0.2, -0.15) is 18.2 Å². The van der Waals surface area contributed by atoms with E-state index in [-0.39, 0.29) is 5.82 Å². The van der Waals surface area contributed by atoms with Crippen molar-refractivity contribution in [3.63, 3.8) is 0 Å². The number of nitrogens with two attached hydrogens (primary N) is 1. The highest BCUT2D eigenvalue weighted by atomic mass is 19.4. The Morgan fingerprint density at radius 2 is 1.81 bits per heavy atom. The van der Waals surface area contributed by atoms with Gasteiger partial charge in [-0.05, 0) is 6.42 Å². The summed E-state index contributed by atoms with van der Waals surface area (Å²) in [6.45, 7) is 1.73. The molecule has 0 fully saturated rings. The SMILES string of the molecule is COCCCN(CCOC)c1cc(C(F)(F)F)nc(N)n1. The Bertz CT molecular complexity index is 443. The van der Waals surface area contributed by atoms with Crippen LogP contribution < -0.4 is 10.6 Å². The van der Waals surface area contributed by atoms with Gasteiger partial charge < -0.3 is 20.1 Å². The number of halogens is 3. The number of hydrogen-bond acceptors (Lipinski definition) is 6. The van der Waals surface area contributed by atoms with E-state index in [9.17, 15) is 13.2 Å². The number of rotatable bonds is 8. The van der Waals surface area contributed by atoms with Crippen LogP contribution in [0.2, 0.25) is 0 Å². The molecule has 0 saturated carbocycles. The fourth-order valence-corrected chi connectivity index (χ4v) is 1.70. The quantitative estimate of drug-likeness (QED) is 0.735. The molecule has 0 atom stereocenters. The molecule has 120 valence electrons. The molecule has 2 N–H and O–H groups in total. The van der Waals surface area contributed by atoms with Crippen LogP contribution in [0.4, 0.5) is 24.9 Å². The third-order valence-electron chi connectivity index (χ3n) is 2.69. The predicted octanol–water partition coefficient (Wildman–Crippen LogP) is 1.57. The first kappa shape index (κ1) is 17.4. The molecule has 0 saturated heterocycles. The standard InChI is InChI=1S/C12H19F3N4O2/c1-20-6-3-4-19(5-7-21-2)10-8-9(12(13,14)15)17-11(16)18-10/h8H,3-7H2,1-2H3,(H2,16,17,18). The van der Waals surface area contributed by atoms with Crippen molar-refractivity contribution >= 4 is 11.8 Å². The van der Waals surface area contributed by atoms with Gasteiger partial charge in [0.2, 0.25) is 5.95 Å². The van der Waals surface area contributed by atoms with Crippen molar-refractivity contribution in [3.8, 4) is 0 Å². The summed E-state index contributed by atoms with van der Waals surface area (Å²) in [7, 11) is 3.08. The predicted molar refractivity (Wildman–Crippen MR) is 72.0 cm³/mol. The lowest BCUT2D eigenvalue weighted by atomic mass is 10.3. The summed E-state index contributed by atoms with van der Waals surface area (Å²) in [6.07, 6.45) is -3.92. The van der Waals surface area contributed by atoms with Crippen molar-refractivity contribution in [1.82, 2.24) is 9.97 Å². The summed E-state index contributed by atoms with van der Waals surface area (Å²) >= 11 is 0. The van der Waals surface area contributed by atoms with Gasteiger partial charge in [0.15, 0.2) is 5.69 Å².